The van der Waals surface area contributed by atoms with E-state index in [1.54, 1.807) is 25.5 Å². The lowest BCUT2D eigenvalue weighted by Gasteiger charge is -2.33. The van der Waals surface area contributed by atoms with Crippen LogP contribution < -0.4 is 21.3 Å². The standard InChI is InChI=1S/C32H40N8O2/c1-35-18-26(17-33)25-16-27(31(34)37-20-25)32(41)38-28-4-3-5-29(28)42-21-22-6-8-23(9-7-22)24-10-11-30(36-19-24)40-14-12-39(2)13-15-40/h6-11,16-20,28-29,33,35H,3-5,12-15,21H2,1-2H3,(H2,34,37)(H,38,41)/b26-18+,33-17?/t28?,29-/m0/s1. The van der Waals surface area contributed by atoms with Crippen molar-refractivity contribution in [2.24, 2.45) is 0 Å². The summed E-state index contributed by atoms with van der Waals surface area (Å²) in [5.74, 6) is 0.904. The molecule has 1 amide bonds. The number of piperazine rings is 1. The lowest BCUT2D eigenvalue weighted by molar-refractivity contribution is 0.0272. The number of nitrogens with two attached hydrogens (primary N) is 1. The Bertz CT molecular complexity index is 1400. The summed E-state index contributed by atoms with van der Waals surface area (Å²) in [5, 5.41) is 13.7. The second-order valence-corrected chi connectivity index (χ2v) is 10.9. The Morgan fingerprint density at radius 1 is 1.07 bits per heavy atom. The van der Waals surface area contributed by atoms with Gasteiger partial charge >= 0.3 is 0 Å². The molecule has 2 fully saturated rings. The van der Waals surface area contributed by atoms with Crippen LogP contribution in [0.4, 0.5) is 11.6 Å². The summed E-state index contributed by atoms with van der Waals surface area (Å²) in [4.78, 5) is 26.8. The van der Waals surface area contributed by atoms with Crippen molar-refractivity contribution >= 4 is 29.3 Å². The molecule has 2 aromatic heterocycles. The molecule has 10 heteroatoms. The summed E-state index contributed by atoms with van der Waals surface area (Å²) < 4.78 is 6.29. The number of rotatable bonds is 10. The van der Waals surface area contributed by atoms with Crippen LogP contribution in [-0.4, -0.2) is 79.4 Å². The van der Waals surface area contributed by atoms with Crippen molar-refractivity contribution in [3.05, 3.63) is 77.7 Å². The molecule has 42 heavy (non-hydrogen) atoms. The largest absolute Gasteiger partial charge is 0.393 e. The Kier molecular flexibility index (Phi) is 9.45. The summed E-state index contributed by atoms with van der Waals surface area (Å²) in [5.41, 5.74) is 10.9. The minimum absolute atomic E-state index is 0.0846. The fourth-order valence-electron chi connectivity index (χ4n) is 5.49. The summed E-state index contributed by atoms with van der Waals surface area (Å²) in [6.45, 7) is 4.59. The van der Waals surface area contributed by atoms with E-state index in [4.69, 9.17) is 20.9 Å². The van der Waals surface area contributed by atoms with Crippen LogP contribution in [0.15, 0.2) is 61.1 Å². The first-order chi connectivity index (χ1) is 20.4. The molecule has 5 rings (SSSR count). The zero-order valence-corrected chi connectivity index (χ0v) is 24.3. The number of nitrogens with one attached hydrogen (secondary N) is 3. The SMILES string of the molecule is CN/C=C(\C=N)c1cnc(N)c(C(=O)NC2CCC[C@@H]2OCc2ccc(-c3ccc(N4CCN(C)CC4)nc3)cc2)c1. The number of pyridine rings is 2. The quantitative estimate of drug-likeness (QED) is 0.273. The lowest BCUT2D eigenvalue weighted by atomic mass is 10.1. The van der Waals surface area contributed by atoms with Gasteiger partial charge in [-0.1, -0.05) is 24.3 Å². The molecule has 3 aromatic rings. The van der Waals surface area contributed by atoms with Crippen LogP contribution in [0, 0.1) is 5.41 Å². The van der Waals surface area contributed by atoms with Crippen molar-refractivity contribution in [3.63, 3.8) is 0 Å². The van der Waals surface area contributed by atoms with E-state index in [2.05, 4.69) is 68.9 Å². The summed E-state index contributed by atoms with van der Waals surface area (Å²) in [6.07, 6.45) is 9.01. The highest BCUT2D eigenvalue weighted by Gasteiger charge is 2.30. The van der Waals surface area contributed by atoms with Crippen molar-refractivity contribution in [2.75, 3.05) is 50.9 Å². The monoisotopic (exact) mass is 568 g/mol. The Balaban J connectivity index is 1.16. The number of benzene rings is 1. The first-order valence-corrected chi connectivity index (χ1v) is 14.5. The summed E-state index contributed by atoms with van der Waals surface area (Å²) >= 11 is 0. The van der Waals surface area contributed by atoms with E-state index < -0.39 is 0 Å². The molecule has 0 bridgehead atoms. The van der Waals surface area contributed by atoms with Gasteiger partial charge in [0.25, 0.3) is 5.91 Å². The molecular weight excluding hydrogens is 528 g/mol. The maximum Gasteiger partial charge on any atom is 0.255 e. The molecule has 0 spiro atoms. The van der Waals surface area contributed by atoms with Crippen LogP contribution in [0.1, 0.15) is 40.7 Å². The van der Waals surface area contributed by atoms with Gasteiger partial charge in [-0.05, 0) is 55.6 Å². The maximum absolute atomic E-state index is 13.2. The fraction of sp³-hybridized carbons (Fsp3) is 0.375. The molecular formula is C32H40N8O2. The molecule has 5 N–H and O–H groups in total. The van der Waals surface area contributed by atoms with E-state index in [0.29, 0.717) is 23.3 Å². The Morgan fingerprint density at radius 3 is 2.52 bits per heavy atom. The van der Waals surface area contributed by atoms with Crippen molar-refractivity contribution in [2.45, 2.75) is 38.0 Å². The van der Waals surface area contributed by atoms with Gasteiger partial charge in [-0.25, -0.2) is 9.97 Å². The topological polar surface area (TPSA) is 132 Å². The van der Waals surface area contributed by atoms with Crippen LogP contribution in [-0.2, 0) is 11.3 Å². The molecule has 3 heterocycles. The van der Waals surface area contributed by atoms with Gasteiger partial charge in [-0.2, -0.15) is 0 Å². The van der Waals surface area contributed by atoms with E-state index in [1.807, 2.05) is 6.20 Å². The molecule has 2 atom stereocenters. The van der Waals surface area contributed by atoms with E-state index in [0.717, 1.165) is 67.9 Å². The highest BCUT2D eigenvalue weighted by molar-refractivity contribution is 6.09. The molecule has 10 nitrogen and oxygen atoms in total. The number of allylic oxidation sites excluding steroid dienone is 1. The Morgan fingerprint density at radius 2 is 1.83 bits per heavy atom. The second-order valence-electron chi connectivity index (χ2n) is 10.9. The molecule has 1 aliphatic heterocycles. The number of hydrogen-bond donors (Lipinski definition) is 4. The second kappa shape index (κ2) is 13.6. The highest BCUT2D eigenvalue weighted by atomic mass is 16.5. The van der Waals surface area contributed by atoms with Crippen molar-refractivity contribution < 1.29 is 9.53 Å². The Hall–Kier alpha value is -4.28. The van der Waals surface area contributed by atoms with E-state index in [-0.39, 0.29) is 23.9 Å². The Labute approximate surface area is 247 Å². The van der Waals surface area contributed by atoms with Gasteiger partial charge in [-0.3, -0.25) is 4.79 Å². The van der Waals surface area contributed by atoms with Gasteiger partial charge in [-0.15, -0.1) is 0 Å². The molecule has 1 saturated carbocycles. The molecule has 1 unspecified atom stereocenters. The summed E-state index contributed by atoms with van der Waals surface area (Å²) in [7, 11) is 3.91. The minimum atomic E-state index is -0.284. The predicted octanol–water partition coefficient (Wildman–Crippen LogP) is 3.56. The number of carbonyl (C=O) groups excluding carboxylic acids is 1. The summed E-state index contributed by atoms with van der Waals surface area (Å²) in [6, 6.07) is 14.2. The van der Waals surface area contributed by atoms with Crippen LogP contribution >= 0.6 is 0 Å². The van der Waals surface area contributed by atoms with Gasteiger partial charge in [0.1, 0.15) is 11.6 Å². The number of nitrogen functional groups attached to an aromatic ring is 1. The van der Waals surface area contributed by atoms with E-state index >= 15 is 0 Å². The normalized spacial score (nSPS) is 19.5. The van der Waals surface area contributed by atoms with Crippen LogP contribution in [0.3, 0.4) is 0 Å². The third-order valence-electron chi connectivity index (χ3n) is 8.05. The number of hydrogen-bond acceptors (Lipinski definition) is 9. The molecule has 0 radical (unpaired) electrons. The van der Waals surface area contributed by atoms with Gasteiger partial charge in [0, 0.05) is 74.7 Å². The maximum atomic E-state index is 13.2. The molecule has 2 aliphatic rings. The molecule has 220 valence electrons. The van der Waals surface area contributed by atoms with Gasteiger partial charge in [0.15, 0.2) is 0 Å². The van der Waals surface area contributed by atoms with Crippen LogP contribution in [0.5, 0.6) is 0 Å². The highest BCUT2D eigenvalue weighted by Crippen LogP contribution is 2.26. The third kappa shape index (κ3) is 6.95. The van der Waals surface area contributed by atoms with Crippen molar-refractivity contribution in [1.82, 2.24) is 25.5 Å². The predicted molar refractivity (Wildman–Crippen MR) is 168 cm³/mol. The molecule has 1 aliphatic carbocycles. The smallest absolute Gasteiger partial charge is 0.255 e. The molecule has 1 aromatic carbocycles. The minimum Gasteiger partial charge on any atom is -0.393 e. The number of anilines is 2. The van der Waals surface area contributed by atoms with E-state index in [9.17, 15) is 4.79 Å². The third-order valence-corrected chi connectivity index (χ3v) is 8.05. The number of ether oxygens (including phenoxy) is 1. The lowest BCUT2D eigenvalue weighted by Crippen LogP contribution is -2.44. The van der Waals surface area contributed by atoms with Crippen LogP contribution in [0.25, 0.3) is 16.7 Å². The van der Waals surface area contributed by atoms with Gasteiger partial charge < -0.3 is 36.3 Å². The average Bonchev–Trinajstić information content (AvgIpc) is 3.46. The number of carbonyl (C=O) groups is 1. The first kappa shape index (κ1) is 29.2. The number of likely N-dealkylation sites (N-methyl/N-ethyl adjacent to an activating group) is 1. The first-order valence-electron chi connectivity index (χ1n) is 14.5. The fourth-order valence-corrected chi connectivity index (χ4v) is 5.49. The average molecular weight is 569 g/mol. The van der Waals surface area contributed by atoms with Crippen molar-refractivity contribution in [1.29, 1.82) is 5.41 Å². The van der Waals surface area contributed by atoms with Crippen LogP contribution in [0.2, 0.25) is 0 Å². The van der Waals surface area contributed by atoms with Crippen molar-refractivity contribution in [3.8, 4) is 11.1 Å². The van der Waals surface area contributed by atoms with E-state index in [1.165, 1.54) is 6.21 Å². The molecule has 1 saturated heterocycles. The zero-order chi connectivity index (χ0) is 29.5. The number of amides is 1. The number of nitrogens with zero attached hydrogens (tertiary/aromatic N) is 4. The van der Waals surface area contributed by atoms with Gasteiger partial charge in [0.2, 0.25) is 0 Å². The number of aromatic nitrogens is 2. The van der Waals surface area contributed by atoms with Gasteiger partial charge in [0.05, 0.1) is 24.3 Å². The zero-order valence-electron chi connectivity index (χ0n) is 24.3.